The van der Waals surface area contributed by atoms with Gasteiger partial charge in [-0.3, -0.25) is 0 Å². The highest BCUT2D eigenvalue weighted by atomic mass is 35.5. The lowest BCUT2D eigenvalue weighted by atomic mass is 9.73. The minimum Gasteiger partial charge on any atom is -0.468 e. The molecule has 5 heterocycles. The van der Waals surface area contributed by atoms with Crippen LogP contribution in [0.5, 0.6) is 5.88 Å². The number of nitrogens with zero attached hydrogens (tertiary/aromatic N) is 4. The summed E-state index contributed by atoms with van der Waals surface area (Å²) in [7, 11) is 0. The van der Waals surface area contributed by atoms with Gasteiger partial charge in [-0.25, -0.2) is 15.0 Å². The predicted molar refractivity (Wildman–Crippen MR) is 129 cm³/mol. The summed E-state index contributed by atoms with van der Waals surface area (Å²) in [6.07, 6.45) is 3.59. The number of ether oxygens (including phenoxy) is 3. The fraction of sp³-hybridized carbons (Fsp3) is 0.609. The smallest absolute Gasteiger partial charge is 0.234 e. The van der Waals surface area contributed by atoms with Crippen molar-refractivity contribution in [2.75, 3.05) is 37.8 Å². The van der Waals surface area contributed by atoms with E-state index in [0.29, 0.717) is 41.4 Å². The number of hydrogen-bond donors (Lipinski definition) is 2. The molecule has 9 nitrogen and oxygen atoms in total. The van der Waals surface area contributed by atoms with Crippen LogP contribution in [0.1, 0.15) is 31.2 Å². The van der Waals surface area contributed by atoms with Gasteiger partial charge in [0.05, 0.1) is 38.2 Å². The van der Waals surface area contributed by atoms with Gasteiger partial charge in [-0.2, -0.15) is 0 Å². The molecule has 3 aliphatic heterocycles. The molecule has 3 N–H and O–H groups in total. The van der Waals surface area contributed by atoms with Crippen LogP contribution in [-0.4, -0.2) is 71.2 Å². The Kier molecular flexibility index (Phi) is 6.89. The molecule has 0 amide bonds. The summed E-state index contributed by atoms with van der Waals surface area (Å²) in [6, 6.07) is 1.87. The van der Waals surface area contributed by atoms with Gasteiger partial charge >= 0.3 is 0 Å². The minimum atomic E-state index is -0.197. The first kappa shape index (κ1) is 24.0. The highest BCUT2D eigenvalue weighted by Gasteiger charge is 2.47. The van der Waals surface area contributed by atoms with Crippen LogP contribution in [0.3, 0.4) is 0 Å². The van der Waals surface area contributed by atoms with Gasteiger partial charge in [-0.15, -0.1) is 0 Å². The van der Waals surface area contributed by atoms with E-state index in [1.807, 2.05) is 19.9 Å². The van der Waals surface area contributed by atoms with Gasteiger partial charge in [0.2, 0.25) is 5.88 Å². The van der Waals surface area contributed by atoms with E-state index in [1.165, 1.54) is 11.8 Å². The number of hydrogen-bond acceptors (Lipinski definition) is 10. The quantitative estimate of drug-likeness (QED) is 0.604. The van der Waals surface area contributed by atoms with E-state index in [-0.39, 0.29) is 30.3 Å². The monoisotopic (exact) mass is 507 g/mol. The molecular formula is C23H30ClN5O4S. The molecule has 11 heteroatoms. The first-order valence-corrected chi connectivity index (χ1v) is 12.8. The Morgan fingerprint density at radius 3 is 2.71 bits per heavy atom. The molecule has 2 atom stereocenters. The summed E-state index contributed by atoms with van der Waals surface area (Å²) < 4.78 is 16.8. The first-order valence-electron chi connectivity index (χ1n) is 11.6. The van der Waals surface area contributed by atoms with Crippen molar-refractivity contribution in [3.8, 4) is 5.88 Å². The lowest BCUT2D eigenvalue weighted by molar-refractivity contribution is -0.0813. The highest BCUT2D eigenvalue weighted by molar-refractivity contribution is 7.99. The maximum atomic E-state index is 10.1. The zero-order chi connectivity index (χ0) is 23.9. The summed E-state index contributed by atoms with van der Waals surface area (Å²) in [5.41, 5.74) is 7.81. The molecule has 0 unspecified atom stereocenters. The molecule has 5 rings (SSSR count). The zero-order valence-corrected chi connectivity index (χ0v) is 20.9. The molecule has 0 bridgehead atoms. The molecule has 184 valence electrons. The van der Waals surface area contributed by atoms with Crippen LogP contribution < -0.4 is 15.4 Å². The minimum absolute atomic E-state index is 0.0238. The molecule has 34 heavy (non-hydrogen) atoms. The van der Waals surface area contributed by atoms with E-state index in [9.17, 15) is 5.11 Å². The van der Waals surface area contributed by atoms with Crippen LogP contribution in [0, 0.1) is 12.3 Å². The van der Waals surface area contributed by atoms with Crippen molar-refractivity contribution < 1.29 is 19.3 Å². The summed E-state index contributed by atoms with van der Waals surface area (Å²) in [5.74, 6) is 1.12. The average molecular weight is 508 g/mol. The van der Waals surface area contributed by atoms with Gasteiger partial charge in [0.25, 0.3) is 0 Å². The Bertz CT molecular complexity index is 1050. The molecule has 1 spiro atoms. The van der Waals surface area contributed by atoms with E-state index in [4.69, 9.17) is 41.5 Å². The number of aromatic nitrogens is 3. The molecule has 2 aromatic heterocycles. The van der Waals surface area contributed by atoms with Crippen molar-refractivity contribution in [3.05, 3.63) is 28.7 Å². The number of piperidine rings is 1. The molecular weight excluding hydrogens is 478 g/mol. The SMILES string of the molecule is Cc1nc(N2CCC3(CC2)CO[C@@H](C)[C@H]3N)c(CO)nc1Sc1ccnc(OC2COC2)c1Cl. The molecule has 0 radical (unpaired) electrons. The van der Waals surface area contributed by atoms with Gasteiger partial charge in [0.1, 0.15) is 21.8 Å². The van der Waals surface area contributed by atoms with E-state index in [0.717, 1.165) is 42.3 Å². The second-order valence-corrected chi connectivity index (χ2v) is 10.7. The Morgan fingerprint density at radius 1 is 1.32 bits per heavy atom. The van der Waals surface area contributed by atoms with Gasteiger partial charge in [0.15, 0.2) is 5.82 Å². The van der Waals surface area contributed by atoms with Crippen LogP contribution in [0.25, 0.3) is 0 Å². The summed E-state index contributed by atoms with van der Waals surface area (Å²) >= 11 is 7.96. The normalized spacial score (nSPS) is 24.4. The van der Waals surface area contributed by atoms with Crippen LogP contribution >= 0.6 is 23.4 Å². The van der Waals surface area contributed by atoms with E-state index in [2.05, 4.69) is 9.88 Å². The Morgan fingerprint density at radius 2 is 2.09 bits per heavy atom. The van der Waals surface area contributed by atoms with Crippen molar-refractivity contribution in [2.24, 2.45) is 11.1 Å². The standard InChI is InChI=1S/C23H30ClN5O4S/c1-13-22(34-17-3-6-26-21(18(17)24)33-15-10-31-11-15)28-16(9-30)20(27-13)29-7-4-23(5-8-29)12-32-14(2)19(23)25/h3,6,14-15,19,30H,4-5,7-12,25H2,1-2H3/t14-,19+/m0/s1. The lowest BCUT2D eigenvalue weighted by Gasteiger charge is -2.42. The maximum absolute atomic E-state index is 10.1. The van der Waals surface area contributed by atoms with Crippen molar-refractivity contribution in [1.82, 2.24) is 15.0 Å². The first-order chi connectivity index (χ1) is 16.4. The average Bonchev–Trinajstić information content (AvgIpc) is 3.08. The number of aliphatic hydroxyl groups excluding tert-OH is 1. The summed E-state index contributed by atoms with van der Waals surface area (Å²) in [4.78, 5) is 16.8. The number of nitrogens with two attached hydrogens (primary N) is 1. The van der Waals surface area contributed by atoms with Crippen LogP contribution in [0.2, 0.25) is 5.02 Å². The van der Waals surface area contributed by atoms with Crippen molar-refractivity contribution in [1.29, 1.82) is 0 Å². The molecule has 0 saturated carbocycles. The Balaban J connectivity index is 1.33. The number of aliphatic hydroxyl groups is 1. The topological polar surface area (TPSA) is 116 Å². The molecule has 3 aliphatic rings. The van der Waals surface area contributed by atoms with Crippen LogP contribution in [0.15, 0.2) is 22.2 Å². The fourth-order valence-electron chi connectivity index (χ4n) is 4.73. The van der Waals surface area contributed by atoms with Gasteiger partial charge < -0.3 is 30.0 Å². The molecule has 3 saturated heterocycles. The second-order valence-electron chi connectivity index (χ2n) is 9.24. The fourth-order valence-corrected chi connectivity index (χ4v) is 5.87. The van der Waals surface area contributed by atoms with Crippen LogP contribution in [-0.2, 0) is 16.1 Å². The Hall–Kier alpha value is -1.69. The molecule has 0 aromatic carbocycles. The van der Waals surface area contributed by atoms with Crippen molar-refractivity contribution >= 4 is 29.2 Å². The van der Waals surface area contributed by atoms with E-state index >= 15 is 0 Å². The number of halogens is 1. The third kappa shape index (κ3) is 4.47. The molecule has 0 aliphatic carbocycles. The molecule has 3 fully saturated rings. The highest BCUT2D eigenvalue weighted by Crippen LogP contribution is 2.43. The van der Waals surface area contributed by atoms with E-state index < -0.39 is 0 Å². The second kappa shape index (κ2) is 9.75. The maximum Gasteiger partial charge on any atom is 0.234 e. The molecule has 2 aromatic rings. The summed E-state index contributed by atoms with van der Waals surface area (Å²) in [6.45, 7) is 7.17. The number of pyridine rings is 1. The zero-order valence-electron chi connectivity index (χ0n) is 19.4. The van der Waals surface area contributed by atoms with Crippen molar-refractivity contribution in [3.63, 3.8) is 0 Å². The number of aryl methyl sites for hydroxylation is 1. The largest absolute Gasteiger partial charge is 0.468 e. The van der Waals surface area contributed by atoms with Gasteiger partial charge in [-0.05, 0) is 32.8 Å². The number of rotatable bonds is 6. The third-order valence-corrected chi connectivity index (χ3v) is 8.66. The van der Waals surface area contributed by atoms with Gasteiger partial charge in [0, 0.05) is 35.6 Å². The van der Waals surface area contributed by atoms with Crippen molar-refractivity contribution in [2.45, 2.75) is 61.5 Å². The van der Waals surface area contributed by atoms with Crippen LogP contribution in [0.4, 0.5) is 5.82 Å². The lowest BCUT2D eigenvalue weighted by Crippen LogP contribution is -2.51. The predicted octanol–water partition coefficient (Wildman–Crippen LogP) is 2.59. The third-order valence-electron chi connectivity index (χ3n) is 7.05. The summed E-state index contributed by atoms with van der Waals surface area (Å²) in [5, 5.41) is 11.2. The van der Waals surface area contributed by atoms with Gasteiger partial charge in [-0.1, -0.05) is 23.4 Å². The van der Waals surface area contributed by atoms with E-state index in [1.54, 1.807) is 6.20 Å². The Labute approximate surface area is 208 Å². The number of anilines is 1.